The second kappa shape index (κ2) is 7.80. The van der Waals surface area contributed by atoms with Crippen LogP contribution in [0.25, 0.3) is 5.69 Å². The maximum atomic E-state index is 13.4. The fraction of sp³-hybridized carbons (Fsp3) is 0.333. The van der Waals surface area contributed by atoms with Crippen LogP contribution in [0.5, 0.6) is 0 Å². The number of carbonyl (C=O) groups excluding carboxylic acids is 1. The Bertz CT molecular complexity index is 938. The van der Waals surface area contributed by atoms with Crippen LogP contribution in [-0.2, 0) is 0 Å². The minimum atomic E-state index is 0.00349. The van der Waals surface area contributed by atoms with Crippen molar-refractivity contribution in [3.05, 3.63) is 66.1 Å². The van der Waals surface area contributed by atoms with Gasteiger partial charge in [-0.2, -0.15) is 15.0 Å². The highest BCUT2D eigenvalue weighted by Crippen LogP contribution is 2.24. The van der Waals surface area contributed by atoms with E-state index in [1.54, 1.807) is 12.4 Å². The molecule has 1 unspecified atom stereocenters. The molecule has 7 nitrogen and oxygen atoms in total. The number of carbonyl (C=O) groups is 1. The zero-order chi connectivity index (χ0) is 19.5. The first-order valence-electron chi connectivity index (χ1n) is 9.59. The number of aryl methyl sites for hydroxylation is 1. The Kier molecular flexibility index (Phi) is 5.06. The predicted molar refractivity (Wildman–Crippen MR) is 107 cm³/mol. The molecule has 144 valence electrons. The Morgan fingerprint density at radius 2 is 1.93 bits per heavy atom. The van der Waals surface area contributed by atoms with Crippen LogP contribution in [0.15, 0.2) is 55.0 Å². The summed E-state index contributed by atoms with van der Waals surface area (Å²) in [4.78, 5) is 21.3. The number of likely N-dealkylation sites (tertiary alicyclic amines) is 1. The van der Waals surface area contributed by atoms with Crippen molar-refractivity contribution in [1.29, 1.82) is 0 Å². The zero-order valence-corrected chi connectivity index (χ0v) is 16.1. The van der Waals surface area contributed by atoms with E-state index in [1.165, 1.54) is 4.80 Å². The predicted octanol–water partition coefficient (Wildman–Crippen LogP) is 3.08. The highest BCUT2D eigenvalue weighted by atomic mass is 16.2. The average Bonchev–Trinajstić information content (AvgIpc) is 3.25. The van der Waals surface area contributed by atoms with E-state index in [0.717, 1.165) is 30.8 Å². The van der Waals surface area contributed by atoms with Gasteiger partial charge in [-0.15, -0.1) is 0 Å². The quantitative estimate of drug-likeness (QED) is 0.757. The molecule has 1 amide bonds. The summed E-state index contributed by atoms with van der Waals surface area (Å²) in [6.45, 7) is 4.85. The van der Waals surface area contributed by atoms with Crippen LogP contribution in [0.4, 0.5) is 5.82 Å². The molecule has 1 N–H and O–H groups in total. The van der Waals surface area contributed by atoms with E-state index < -0.39 is 0 Å². The standard InChI is InChI=1S/C21H24N6O/c1-15-9-10-20(22-14-15)25-18-7-5-13-26(16(18)2)21(28)17-6-3-4-8-19(17)27-23-11-12-24-27/h3-4,6,8-12,14,16,18H,5,7,13H2,1-2H3,(H,22,25)/t16-,18?/m0/s1. The van der Waals surface area contributed by atoms with Gasteiger partial charge in [0.1, 0.15) is 5.82 Å². The topological polar surface area (TPSA) is 75.9 Å². The molecule has 0 spiro atoms. The lowest BCUT2D eigenvalue weighted by molar-refractivity contribution is 0.0616. The number of para-hydroxylation sites is 1. The van der Waals surface area contributed by atoms with E-state index in [4.69, 9.17) is 0 Å². The maximum absolute atomic E-state index is 13.4. The van der Waals surface area contributed by atoms with E-state index in [1.807, 2.05) is 54.4 Å². The van der Waals surface area contributed by atoms with Crippen molar-refractivity contribution in [2.24, 2.45) is 0 Å². The number of hydrogen-bond donors (Lipinski definition) is 1. The maximum Gasteiger partial charge on any atom is 0.256 e. The summed E-state index contributed by atoms with van der Waals surface area (Å²) in [6, 6.07) is 11.7. The van der Waals surface area contributed by atoms with E-state index in [2.05, 4.69) is 27.4 Å². The molecular weight excluding hydrogens is 352 g/mol. The summed E-state index contributed by atoms with van der Waals surface area (Å²) in [5.41, 5.74) is 2.43. The molecule has 0 bridgehead atoms. The SMILES string of the molecule is Cc1ccc(NC2CCCN(C(=O)c3ccccc3-n3nccn3)[C@H]2C)nc1. The van der Waals surface area contributed by atoms with Gasteiger partial charge in [0.25, 0.3) is 5.91 Å². The molecular formula is C21H24N6O. The lowest BCUT2D eigenvalue weighted by atomic mass is 9.96. The van der Waals surface area contributed by atoms with Gasteiger partial charge >= 0.3 is 0 Å². The number of hydrogen-bond acceptors (Lipinski definition) is 5. The summed E-state index contributed by atoms with van der Waals surface area (Å²) in [5, 5.41) is 11.9. The minimum absolute atomic E-state index is 0.00349. The second-order valence-electron chi connectivity index (χ2n) is 7.19. The third kappa shape index (κ3) is 3.60. The van der Waals surface area contributed by atoms with Crippen molar-refractivity contribution in [3.63, 3.8) is 0 Å². The number of nitrogens with one attached hydrogen (secondary N) is 1. The Balaban J connectivity index is 1.56. The molecule has 2 atom stereocenters. The number of pyridine rings is 1. The van der Waals surface area contributed by atoms with Crippen molar-refractivity contribution < 1.29 is 4.79 Å². The molecule has 4 rings (SSSR count). The summed E-state index contributed by atoms with van der Waals surface area (Å²) < 4.78 is 0. The molecule has 1 fully saturated rings. The van der Waals surface area contributed by atoms with Crippen molar-refractivity contribution in [3.8, 4) is 5.69 Å². The van der Waals surface area contributed by atoms with Gasteiger partial charge in [-0.3, -0.25) is 4.79 Å². The van der Waals surface area contributed by atoms with E-state index in [0.29, 0.717) is 11.3 Å². The Morgan fingerprint density at radius 3 is 2.68 bits per heavy atom. The third-order valence-electron chi connectivity index (χ3n) is 5.26. The largest absolute Gasteiger partial charge is 0.365 e. The summed E-state index contributed by atoms with van der Waals surface area (Å²) in [7, 11) is 0. The first kappa shape index (κ1) is 18.2. The number of aromatic nitrogens is 4. The van der Waals surface area contributed by atoms with Crippen LogP contribution in [0.1, 0.15) is 35.7 Å². The number of nitrogens with zero attached hydrogens (tertiary/aromatic N) is 5. The van der Waals surface area contributed by atoms with Crippen molar-refractivity contribution in [1.82, 2.24) is 24.9 Å². The number of amides is 1. The molecule has 3 heterocycles. The molecule has 0 radical (unpaired) electrons. The van der Waals surface area contributed by atoms with E-state index in [-0.39, 0.29) is 18.0 Å². The summed E-state index contributed by atoms with van der Waals surface area (Å²) in [6.07, 6.45) is 7.02. The number of anilines is 1. The third-order valence-corrected chi connectivity index (χ3v) is 5.26. The van der Waals surface area contributed by atoms with Crippen LogP contribution in [0.3, 0.4) is 0 Å². The van der Waals surface area contributed by atoms with E-state index >= 15 is 0 Å². The number of benzene rings is 1. The van der Waals surface area contributed by atoms with Gasteiger partial charge in [0.05, 0.1) is 23.6 Å². The normalized spacial score (nSPS) is 19.4. The first-order chi connectivity index (χ1) is 13.6. The molecule has 2 aromatic heterocycles. The minimum Gasteiger partial charge on any atom is -0.365 e. The summed E-state index contributed by atoms with van der Waals surface area (Å²) >= 11 is 0. The van der Waals surface area contributed by atoms with Crippen molar-refractivity contribution in [2.75, 3.05) is 11.9 Å². The number of rotatable bonds is 4. The molecule has 0 aliphatic carbocycles. The zero-order valence-electron chi connectivity index (χ0n) is 16.1. The van der Waals surface area contributed by atoms with Crippen LogP contribution in [0, 0.1) is 6.92 Å². The molecule has 7 heteroatoms. The first-order valence-corrected chi connectivity index (χ1v) is 9.59. The summed E-state index contributed by atoms with van der Waals surface area (Å²) in [5.74, 6) is 0.849. The monoisotopic (exact) mass is 376 g/mol. The van der Waals surface area contributed by atoms with Crippen LogP contribution in [-0.4, -0.2) is 49.4 Å². The molecule has 1 aliphatic rings. The van der Waals surface area contributed by atoms with Gasteiger partial charge in [-0.25, -0.2) is 4.98 Å². The highest BCUT2D eigenvalue weighted by molar-refractivity contribution is 5.98. The molecule has 3 aromatic rings. The fourth-order valence-corrected chi connectivity index (χ4v) is 3.69. The van der Waals surface area contributed by atoms with Gasteiger partial charge in [0, 0.05) is 24.8 Å². The average molecular weight is 376 g/mol. The lowest BCUT2D eigenvalue weighted by Gasteiger charge is -2.40. The van der Waals surface area contributed by atoms with Gasteiger partial charge in [0.15, 0.2) is 0 Å². The molecule has 0 saturated carbocycles. The Hall–Kier alpha value is -3.22. The second-order valence-corrected chi connectivity index (χ2v) is 7.19. The van der Waals surface area contributed by atoms with E-state index in [9.17, 15) is 4.79 Å². The van der Waals surface area contributed by atoms with Crippen LogP contribution < -0.4 is 5.32 Å². The van der Waals surface area contributed by atoms with Gasteiger partial charge in [-0.1, -0.05) is 18.2 Å². The van der Waals surface area contributed by atoms with Gasteiger partial charge in [0.2, 0.25) is 0 Å². The molecule has 1 aromatic carbocycles. The van der Waals surface area contributed by atoms with Crippen molar-refractivity contribution in [2.45, 2.75) is 38.8 Å². The van der Waals surface area contributed by atoms with Crippen LogP contribution >= 0.6 is 0 Å². The van der Waals surface area contributed by atoms with Gasteiger partial charge < -0.3 is 10.2 Å². The molecule has 1 saturated heterocycles. The Morgan fingerprint density at radius 1 is 1.14 bits per heavy atom. The van der Waals surface area contributed by atoms with Gasteiger partial charge in [-0.05, 0) is 50.5 Å². The van der Waals surface area contributed by atoms with Crippen LogP contribution in [0.2, 0.25) is 0 Å². The van der Waals surface area contributed by atoms with Crippen molar-refractivity contribution >= 4 is 11.7 Å². The molecule has 28 heavy (non-hydrogen) atoms. The highest BCUT2D eigenvalue weighted by Gasteiger charge is 2.32. The lowest BCUT2D eigenvalue weighted by Crippen LogP contribution is -2.52. The fourth-order valence-electron chi connectivity index (χ4n) is 3.69. The molecule has 1 aliphatic heterocycles. The Labute approximate surface area is 164 Å². The smallest absolute Gasteiger partial charge is 0.256 e. The number of piperidine rings is 1.